The highest BCUT2D eigenvalue weighted by molar-refractivity contribution is 9.10. The Morgan fingerprint density at radius 3 is 2.65 bits per heavy atom. The summed E-state index contributed by atoms with van der Waals surface area (Å²) in [7, 11) is 0. The van der Waals surface area contributed by atoms with E-state index >= 15 is 0 Å². The van der Waals surface area contributed by atoms with Gasteiger partial charge in [0.1, 0.15) is 29.3 Å². The number of nitriles is 2. The van der Waals surface area contributed by atoms with Gasteiger partial charge in [0.25, 0.3) is 5.91 Å². The first-order chi connectivity index (χ1) is 17.9. The lowest BCUT2D eigenvalue weighted by Gasteiger charge is -2.15. The van der Waals surface area contributed by atoms with E-state index in [2.05, 4.69) is 27.3 Å². The summed E-state index contributed by atoms with van der Waals surface area (Å²) in [4.78, 5) is 14.1. The molecule has 0 bridgehead atoms. The van der Waals surface area contributed by atoms with Gasteiger partial charge in [-0.05, 0) is 79.6 Å². The molecule has 0 fully saturated rings. The molecule has 1 aromatic heterocycles. The molecule has 0 atom stereocenters. The lowest BCUT2D eigenvalue weighted by molar-refractivity contribution is -0.112. The van der Waals surface area contributed by atoms with Crippen LogP contribution in [0.25, 0.3) is 6.08 Å². The Kier molecular flexibility index (Phi) is 8.89. The zero-order valence-electron chi connectivity index (χ0n) is 20.1. The second-order valence-corrected chi connectivity index (χ2v) is 10.8. The predicted molar refractivity (Wildman–Crippen MR) is 149 cm³/mol. The van der Waals surface area contributed by atoms with Gasteiger partial charge in [0, 0.05) is 9.35 Å². The van der Waals surface area contributed by atoms with Gasteiger partial charge in [-0.25, -0.2) is 0 Å². The number of anilines is 1. The number of amides is 1. The van der Waals surface area contributed by atoms with E-state index in [0.717, 1.165) is 46.2 Å². The van der Waals surface area contributed by atoms with Crippen LogP contribution in [0, 0.1) is 22.7 Å². The lowest BCUT2D eigenvalue weighted by atomic mass is 9.96. The minimum atomic E-state index is -0.581. The minimum absolute atomic E-state index is 0.114. The van der Waals surface area contributed by atoms with E-state index < -0.39 is 5.91 Å². The lowest BCUT2D eigenvalue weighted by Crippen LogP contribution is -2.13. The Balaban J connectivity index is 1.57. The van der Waals surface area contributed by atoms with Gasteiger partial charge in [-0.3, -0.25) is 4.79 Å². The zero-order chi connectivity index (χ0) is 26.4. The molecule has 0 saturated carbocycles. The maximum atomic E-state index is 13.0. The molecule has 0 aliphatic heterocycles. The standard InChI is InChI=1S/C28H23BrClN3O3S/c1-2-35-24-13-18(12-23(30)26(24)36-16-17-7-9-20(29)10-8-17)11-19(14-31)27(34)33-28-22(15-32)21-5-3-4-6-25(21)37-28/h7-13H,2-6,16H2,1H3,(H,33,34)/b19-11+. The number of rotatable bonds is 8. The van der Waals surface area contributed by atoms with E-state index in [-0.39, 0.29) is 5.57 Å². The van der Waals surface area contributed by atoms with Crippen LogP contribution in [0.1, 0.15) is 46.9 Å². The Morgan fingerprint density at radius 1 is 1.19 bits per heavy atom. The van der Waals surface area contributed by atoms with Crippen LogP contribution in [0.4, 0.5) is 5.00 Å². The van der Waals surface area contributed by atoms with Crippen LogP contribution in [-0.4, -0.2) is 12.5 Å². The average Bonchev–Trinajstić information content (AvgIpc) is 3.24. The van der Waals surface area contributed by atoms with E-state index in [9.17, 15) is 15.3 Å². The molecular formula is C28H23BrClN3O3S. The molecule has 1 heterocycles. The minimum Gasteiger partial charge on any atom is -0.490 e. The number of thiophene rings is 1. The molecule has 188 valence electrons. The fourth-order valence-electron chi connectivity index (χ4n) is 4.07. The molecule has 1 aliphatic rings. The summed E-state index contributed by atoms with van der Waals surface area (Å²) in [5, 5.41) is 22.9. The van der Waals surface area contributed by atoms with Crippen molar-refractivity contribution in [1.82, 2.24) is 0 Å². The van der Waals surface area contributed by atoms with Gasteiger partial charge in [0.05, 0.1) is 17.2 Å². The summed E-state index contributed by atoms with van der Waals surface area (Å²) < 4.78 is 12.7. The predicted octanol–water partition coefficient (Wildman–Crippen LogP) is 7.44. The van der Waals surface area contributed by atoms with Crippen LogP contribution in [0.5, 0.6) is 11.5 Å². The molecule has 0 saturated heterocycles. The largest absolute Gasteiger partial charge is 0.490 e. The second kappa shape index (κ2) is 12.3. The molecule has 0 unspecified atom stereocenters. The van der Waals surface area contributed by atoms with Crippen LogP contribution in [0.3, 0.4) is 0 Å². The number of nitrogens with one attached hydrogen (secondary N) is 1. The third-order valence-corrected chi connectivity index (χ3v) is 7.83. The number of carbonyl (C=O) groups excluding carboxylic acids is 1. The monoisotopic (exact) mass is 595 g/mol. The topological polar surface area (TPSA) is 95.1 Å². The third-order valence-electron chi connectivity index (χ3n) is 5.81. The molecule has 9 heteroatoms. The second-order valence-electron chi connectivity index (χ2n) is 8.33. The molecule has 6 nitrogen and oxygen atoms in total. The molecule has 1 N–H and O–H groups in total. The van der Waals surface area contributed by atoms with Crippen molar-refractivity contribution in [2.75, 3.05) is 11.9 Å². The van der Waals surface area contributed by atoms with Gasteiger partial charge in [-0.2, -0.15) is 10.5 Å². The van der Waals surface area contributed by atoms with Crippen molar-refractivity contribution >= 4 is 55.9 Å². The number of fused-ring (bicyclic) bond motifs is 1. The summed E-state index contributed by atoms with van der Waals surface area (Å²) >= 11 is 11.4. The van der Waals surface area contributed by atoms with Crippen LogP contribution >= 0.6 is 38.9 Å². The van der Waals surface area contributed by atoms with Crippen LogP contribution in [0.15, 0.2) is 46.4 Å². The summed E-state index contributed by atoms with van der Waals surface area (Å²) in [6.45, 7) is 2.51. The summed E-state index contributed by atoms with van der Waals surface area (Å²) in [6.07, 6.45) is 5.28. The quantitative estimate of drug-likeness (QED) is 0.215. The van der Waals surface area contributed by atoms with Crippen molar-refractivity contribution in [3.8, 4) is 23.6 Å². The molecule has 1 amide bonds. The van der Waals surface area contributed by atoms with Gasteiger partial charge < -0.3 is 14.8 Å². The van der Waals surface area contributed by atoms with Crippen molar-refractivity contribution in [3.63, 3.8) is 0 Å². The Labute approximate surface area is 233 Å². The molecule has 1 aliphatic carbocycles. The molecule has 4 rings (SSSR count). The number of benzene rings is 2. The Bertz CT molecular complexity index is 1430. The summed E-state index contributed by atoms with van der Waals surface area (Å²) in [5.41, 5.74) is 2.88. The number of carbonyl (C=O) groups is 1. The Morgan fingerprint density at radius 2 is 1.95 bits per heavy atom. The van der Waals surface area contributed by atoms with E-state index in [1.54, 1.807) is 12.1 Å². The molecule has 0 spiro atoms. The maximum Gasteiger partial charge on any atom is 0.266 e. The van der Waals surface area contributed by atoms with E-state index in [1.807, 2.05) is 37.3 Å². The maximum absolute atomic E-state index is 13.0. The van der Waals surface area contributed by atoms with Crippen LogP contribution in [0.2, 0.25) is 5.02 Å². The fourth-order valence-corrected chi connectivity index (χ4v) is 5.84. The zero-order valence-corrected chi connectivity index (χ0v) is 23.2. The van der Waals surface area contributed by atoms with Crippen LogP contribution < -0.4 is 14.8 Å². The van der Waals surface area contributed by atoms with Crippen molar-refractivity contribution in [2.45, 2.75) is 39.2 Å². The number of nitrogens with zero attached hydrogens (tertiary/aromatic N) is 2. The molecule has 2 aromatic carbocycles. The van der Waals surface area contributed by atoms with E-state index in [1.165, 1.54) is 17.4 Å². The first-order valence-electron chi connectivity index (χ1n) is 11.7. The van der Waals surface area contributed by atoms with Gasteiger partial charge in [0.15, 0.2) is 11.5 Å². The molecule has 0 radical (unpaired) electrons. The molecule has 37 heavy (non-hydrogen) atoms. The highest BCUT2D eigenvalue weighted by atomic mass is 79.9. The van der Waals surface area contributed by atoms with Crippen molar-refractivity contribution in [3.05, 3.63) is 78.6 Å². The third kappa shape index (κ3) is 6.34. The van der Waals surface area contributed by atoms with Crippen molar-refractivity contribution < 1.29 is 14.3 Å². The first kappa shape index (κ1) is 26.8. The number of hydrogen-bond donors (Lipinski definition) is 1. The number of halogens is 2. The summed E-state index contributed by atoms with van der Waals surface area (Å²) in [6, 6.07) is 15.2. The number of aryl methyl sites for hydroxylation is 1. The molecular weight excluding hydrogens is 574 g/mol. The fraction of sp³-hybridized carbons (Fsp3) is 0.250. The van der Waals surface area contributed by atoms with E-state index in [4.69, 9.17) is 21.1 Å². The van der Waals surface area contributed by atoms with Crippen LogP contribution in [-0.2, 0) is 24.2 Å². The van der Waals surface area contributed by atoms with Crippen molar-refractivity contribution in [1.29, 1.82) is 10.5 Å². The van der Waals surface area contributed by atoms with Crippen molar-refractivity contribution in [2.24, 2.45) is 0 Å². The first-order valence-corrected chi connectivity index (χ1v) is 13.7. The highest BCUT2D eigenvalue weighted by Crippen LogP contribution is 2.39. The highest BCUT2D eigenvalue weighted by Gasteiger charge is 2.23. The van der Waals surface area contributed by atoms with E-state index in [0.29, 0.717) is 45.9 Å². The Hall–Kier alpha value is -3.30. The average molecular weight is 597 g/mol. The number of hydrogen-bond acceptors (Lipinski definition) is 6. The summed E-state index contributed by atoms with van der Waals surface area (Å²) in [5.74, 6) is 0.213. The smallest absolute Gasteiger partial charge is 0.266 e. The number of ether oxygens (including phenoxy) is 2. The van der Waals surface area contributed by atoms with Gasteiger partial charge in [-0.1, -0.05) is 39.7 Å². The molecule has 3 aromatic rings. The van der Waals surface area contributed by atoms with Gasteiger partial charge in [-0.15, -0.1) is 11.3 Å². The SMILES string of the molecule is CCOc1cc(/C=C(\C#N)C(=O)Nc2sc3c(c2C#N)CCCC3)cc(Cl)c1OCc1ccc(Br)cc1. The van der Waals surface area contributed by atoms with Gasteiger partial charge in [0.2, 0.25) is 0 Å². The van der Waals surface area contributed by atoms with Gasteiger partial charge >= 0.3 is 0 Å². The normalized spacial score (nSPS) is 12.7.